The Morgan fingerprint density at radius 3 is 2.52 bits per heavy atom. The molecule has 152 valence electrons. The van der Waals surface area contributed by atoms with Gasteiger partial charge in [0.15, 0.2) is 0 Å². The smallest absolute Gasteiger partial charge is 0.213 e. The van der Waals surface area contributed by atoms with E-state index in [-0.39, 0.29) is 0 Å². The van der Waals surface area contributed by atoms with Crippen LogP contribution in [0, 0.1) is 27.7 Å². The van der Waals surface area contributed by atoms with Crippen LogP contribution in [0.3, 0.4) is 0 Å². The van der Waals surface area contributed by atoms with E-state index >= 15 is 0 Å². The number of hydrogen-bond acceptors (Lipinski definition) is 1. The van der Waals surface area contributed by atoms with Gasteiger partial charge in [-0.05, 0) is 73.7 Å². The fourth-order valence-electron chi connectivity index (χ4n) is 5.47. The SMILES string of the molecule is Cc1c(-c2cc(C)c3c(C)cccc3[n+]2C)cc2c(c1C)Cc1nc3ccccc3n1-2. The van der Waals surface area contributed by atoms with Crippen molar-refractivity contribution in [3.8, 4) is 16.9 Å². The zero-order valence-electron chi connectivity index (χ0n) is 18.7. The second-order valence-electron chi connectivity index (χ2n) is 8.94. The predicted octanol–water partition coefficient (Wildman–Crippen LogP) is 5.81. The molecule has 31 heavy (non-hydrogen) atoms. The molecule has 5 aromatic rings. The summed E-state index contributed by atoms with van der Waals surface area (Å²) in [4.78, 5) is 4.92. The topological polar surface area (TPSA) is 21.7 Å². The maximum absolute atomic E-state index is 4.92. The van der Waals surface area contributed by atoms with Crippen molar-refractivity contribution in [1.82, 2.24) is 9.55 Å². The van der Waals surface area contributed by atoms with Crippen LogP contribution in [0.15, 0.2) is 54.6 Å². The normalized spacial score (nSPS) is 12.5. The quantitative estimate of drug-likeness (QED) is 0.317. The Morgan fingerprint density at radius 1 is 0.871 bits per heavy atom. The van der Waals surface area contributed by atoms with Gasteiger partial charge in [0.2, 0.25) is 11.2 Å². The van der Waals surface area contributed by atoms with Crippen molar-refractivity contribution in [2.45, 2.75) is 34.1 Å². The molecule has 0 atom stereocenters. The van der Waals surface area contributed by atoms with Crippen molar-refractivity contribution < 1.29 is 4.57 Å². The van der Waals surface area contributed by atoms with Gasteiger partial charge in [-0.15, -0.1) is 0 Å². The number of nitrogens with zero attached hydrogens (tertiary/aromatic N) is 3. The third-order valence-electron chi connectivity index (χ3n) is 7.21. The zero-order chi connectivity index (χ0) is 21.4. The van der Waals surface area contributed by atoms with E-state index in [0.29, 0.717) is 0 Å². The predicted molar refractivity (Wildman–Crippen MR) is 127 cm³/mol. The van der Waals surface area contributed by atoms with Crippen LogP contribution in [0.5, 0.6) is 0 Å². The zero-order valence-corrected chi connectivity index (χ0v) is 18.7. The Hall–Kier alpha value is -3.46. The van der Waals surface area contributed by atoms with Gasteiger partial charge in [-0.2, -0.15) is 4.57 Å². The minimum Gasteiger partial charge on any atom is -0.296 e. The van der Waals surface area contributed by atoms with E-state index in [0.717, 1.165) is 17.8 Å². The highest BCUT2D eigenvalue weighted by molar-refractivity contribution is 5.86. The molecule has 0 fully saturated rings. The number of fused-ring (bicyclic) bond motifs is 6. The molecule has 0 saturated heterocycles. The van der Waals surface area contributed by atoms with Gasteiger partial charge in [-0.1, -0.05) is 24.3 Å². The summed E-state index contributed by atoms with van der Waals surface area (Å²) in [7, 11) is 2.19. The molecule has 3 aromatic carbocycles. The van der Waals surface area contributed by atoms with E-state index in [4.69, 9.17) is 4.98 Å². The number of imidazole rings is 1. The largest absolute Gasteiger partial charge is 0.296 e. The Kier molecular flexibility index (Phi) is 3.71. The van der Waals surface area contributed by atoms with E-state index in [1.54, 1.807) is 0 Å². The average Bonchev–Trinajstić information content (AvgIpc) is 3.29. The maximum Gasteiger partial charge on any atom is 0.213 e. The lowest BCUT2D eigenvalue weighted by molar-refractivity contribution is -0.633. The molecule has 0 saturated carbocycles. The third-order valence-corrected chi connectivity index (χ3v) is 7.21. The van der Waals surface area contributed by atoms with Crippen molar-refractivity contribution in [2.75, 3.05) is 0 Å². The van der Waals surface area contributed by atoms with Crippen LogP contribution in [-0.2, 0) is 13.5 Å². The summed E-state index contributed by atoms with van der Waals surface area (Å²) < 4.78 is 4.71. The lowest BCUT2D eigenvalue weighted by Gasteiger charge is -2.15. The number of hydrogen-bond donors (Lipinski definition) is 0. The van der Waals surface area contributed by atoms with Crippen molar-refractivity contribution in [3.63, 3.8) is 0 Å². The van der Waals surface area contributed by atoms with Crippen LogP contribution in [0.4, 0.5) is 0 Å². The third kappa shape index (κ3) is 2.40. The molecule has 0 aliphatic carbocycles. The molecule has 3 nitrogen and oxygen atoms in total. The van der Waals surface area contributed by atoms with E-state index in [1.807, 2.05) is 0 Å². The molecule has 0 spiro atoms. The highest BCUT2D eigenvalue weighted by Gasteiger charge is 2.28. The fourth-order valence-corrected chi connectivity index (χ4v) is 5.47. The highest BCUT2D eigenvalue weighted by atomic mass is 15.1. The van der Waals surface area contributed by atoms with Crippen molar-refractivity contribution >= 4 is 21.9 Å². The number of para-hydroxylation sites is 2. The van der Waals surface area contributed by atoms with Gasteiger partial charge in [0.05, 0.1) is 27.7 Å². The summed E-state index contributed by atoms with van der Waals surface area (Å²) in [6, 6.07) is 19.8. The van der Waals surface area contributed by atoms with Crippen LogP contribution in [-0.4, -0.2) is 9.55 Å². The molecule has 3 heterocycles. The van der Waals surface area contributed by atoms with Crippen molar-refractivity contribution in [2.24, 2.45) is 7.05 Å². The summed E-state index contributed by atoms with van der Waals surface area (Å²) in [5.41, 5.74) is 14.2. The van der Waals surface area contributed by atoms with Crippen LogP contribution in [0.25, 0.3) is 38.9 Å². The lowest BCUT2D eigenvalue weighted by Crippen LogP contribution is -2.33. The molecule has 0 radical (unpaired) electrons. The van der Waals surface area contributed by atoms with Crippen LogP contribution < -0.4 is 4.57 Å². The van der Waals surface area contributed by atoms with E-state index < -0.39 is 0 Å². The molecule has 1 aliphatic rings. The maximum atomic E-state index is 4.92. The van der Waals surface area contributed by atoms with Crippen LogP contribution in [0.1, 0.15) is 33.6 Å². The number of pyridine rings is 1. The first-order valence-corrected chi connectivity index (χ1v) is 10.9. The summed E-state index contributed by atoms with van der Waals surface area (Å²) >= 11 is 0. The monoisotopic (exact) mass is 404 g/mol. The summed E-state index contributed by atoms with van der Waals surface area (Å²) in [5.74, 6) is 1.14. The fraction of sp³-hybridized carbons (Fsp3) is 0.214. The highest BCUT2D eigenvalue weighted by Crippen LogP contribution is 2.39. The molecule has 0 unspecified atom stereocenters. The lowest BCUT2D eigenvalue weighted by atomic mass is 9.92. The van der Waals surface area contributed by atoms with E-state index in [1.165, 1.54) is 61.2 Å². The van der Waals surface area contributed by atoms with E-state index in [9.17, 15) is 0 Å². The second-order valence-corrected chi connectivity index (χ2v) is 8.94. The molecule has 0 bridgehead atoms. The molecular formula is C28H26N3+. The molecular weight excluding hydrogens is 378 g/mol. The molecule has 3 heteroatoms. The van der Waals surface area contributed by atoms with Gasteiger partial charge in [-0.3, -0.25) is 4.57 Å². The number of aromatic nitrogens is 3. The first kappa shape index (κ1) is 18.3. The number of aryl methyl sites for hydroxylation is 3. The van der Waals surface area contributed by atoms with Gasteiger partial charge >= 0.3 is 0 Å². The molecule has 0 N–H and O–H groups in total. The van der Waals surface area contributed by atoms with Gasteiger partial charge in [0.1, 0.15) is 12.9 Å². The molecule has 2 aromatic heterocycles. The van der Waals surface area contributed by atoms with Gasteiger partial charge in [0.25, 0.3) is 0 Å². The first-order valence-electron chi connectivity index (χ1n) is 10.9. The molecule has 6 rings (SSSR count). The standard InChI is InChI=1S/C28H26N3/c1-16-9-8-12-24-28(16)17(2)13-25(30(24)5)20-14-26-21(19(4)18(20)3)15-27-29-22-10-6-7-11-23(22)31(26)27/h6-14H,15H2,1-5H3/q+1. The van der Waals surface area contributed by atoms with E-state index in [2.05, 4.69) is 98.5 Å². The van der Waals surface area contributed by atoms with Crippen LogP contribution in [0.2, 0.25) is 0 Å². The minimum atomic E-state index is 0.902. The molecule has 1 aliphatic heterocycles. The van der Waals surface area contributed by atoms with Crippen LogP contribution >= 0.6 is 0 Å². The van der Waals surface area contributed by atoms with Crippen molar-refractivity contribution in [3.05, 3.63) is 88.2 Å². The summed E-state index contributed by atoms with van der Waals surface area (Å²) in [6.07, 6.45) is 0.902. The summed E-state index contributed by atoms with van der Waals surface area (Å²) in [6.45, 7) is 8.96. The van der Waals surface area contributed by atoms with Gasteiger partial charge in [-0.25, -0.2) is 4.98 Å². The Balaban J connectivity index is 1.67. The van der Waals surface area contributed by atoms with Gasteiger partial charge in [0, 0.05) is 18.6 Å². The molecule has 0 amide bonds. The second kappa shape index (κ2) is 6.27. The Bertz CT molecular complexity index is 1550. The average molecular weight is 405 g/mol. The Morgan fingerprint density at radius 2 is 1.68 bits per heavy atom. The number of benzene rings is 3. The minimum absolute atomic E-state index is 0.902. The van der Waals surface area contributed by atoms with Crippen molar-refractivity contribution in [1.29, 1.82) is 0 Å². The first-order chi connectivity index (χ1) is 15.0. The Labute approximate surface area is 182 Å². The van der Waals surface area contributed by atoms with Gasteiger partial charge < -0.3 is 0 Å². The summed E-state index contributed by atoms with van der Waals surface area (Å²) in [5, 5.41) is 1.35. The number of rotatable bonds is 1.